The Morgan fingerprint density at radius 3 is 2.82 bits per heavy atom. The average molecular weight is 235 g/mol. The van der Waals surface area contributed by atoms with Gasteiger partial charge in [-0.2, -0.15) is 0 Å². The Morgan fingerprint density at radius 1 is 1.41 bits per heavy atom. The highest BCUT2D eigenvalue weighted by molar-refractivity contribution is 5.30. The molecule has 3 nitrogen and oxygen atoms in total. The first-order valence-electron chi connectivity index (χ1n) is 6.48. The van der Waals surface area contributed by atoms with Gasteiger partial charge in [-0.25, -0.2) is 0 Å². The number of aliphatic hydroxyl groups excluding tert-OH is 1. The van der Waals surface area contributed by atoms with Crippen molar-refractivity contribution in [2.45, 2.75) is 52.7 Å². The van der Waals surface area contributed by atoms with Gasteiger partial charge in [-0.1, -0.05) is 13.8 Å². The molecule has 94 valence electrons. The Balaban J connectivity index is 2.41. The lowest BCUT2D eigenvalue weighted by Gasteiger charge is -2.15. The van der Waals surface area contributed by atoms with Gasteiger partial charge in [-0.05, 0) is 43.2 Å². The minimum absolute atomic E-state index is 0.00815. The zero-order valence-corrected chi connectivity index (χ0v) is 10.7. The molecule has 0 amide bonds. The van der Waals surface area contributed by atoms with E-state index in [0.29, 0.717) is 11.5 Å². The van der Waals surface area contributed by atoms with Crippen molar-refractivity contribution in [3.05, 3.63) is 33.2 Å². The van der Waals surface area contributed by atoms with Crippen molar-refractivity contribution in [3.63, 3.8) is 0 Å². The van der Waals surface area contributed by atoms with Crippen LogP contribution in [0.5, 0.6) is 0 Å². The fourth-order valence-corrected chi connectivity index (χ4v) is 2.52. The second-order valence-corrected chi connectivity index (χ2v) is 5.29. The van der Waals surface area contributed by atoms with Crippen LogP contribution in [0.4, 0.5) is 0 Å². The SMILES string of the molecule is CC(C)CCn1c2c(cc(CO)c1=O)CCC2. The molecule has 0 aromatic carbocycles. The molecule has 0 saturated carbocycles. The zero-order chi connectivity index (χ0) is 12.4. The van der Waals surface area contributed by atoms with Crippen LogP contribution in [0.25, 0.3) is 0 Å². The first kappa shape index (κ1) is 12.4. The van der Waals surface area contributed by atoms with Crippen LogP contribution in [0, 0.1) is 5.92 Å². The quantitative estimate of drug-likeness (QED) is 0.865. The molecule has 0 unspecified atom stereocenters. The Labute approximate surface area is 102 Å². The van der Waals surface area contributed by atoms with Crippen LogP contribution in [0.2, 0.25) is 0 Å². The first-order chi connectivity index (χ1) is 8.13. The predicted molar refractivity (Wildman–Crippen MR) is 68.1 cm³/mol. The molecule has 17 heavy (non-hydrogen) atoms. The fraction of sp³-hybridized carbons (Fsp3) is 0.643. The van der Waals surface area contributed by atoms with Gasteiger partial charge in [-0.3, -0.25) is 4.79 Å². The summed E-state index contributed by atoms with van der Waals surface area (Å²) in [7, 11) is 0. The number of aromatic nitrogens is 1. The summed E-state index contributed by atoms with van der Waals surface area (Å²) >= 11 is 0. The first-order valence-corrected chi connectivity index (χ1v) is 6.48. The highest BCUT2D eigenvalue weighted by atomic mass is 16.3. The van der Waals surface area contributed by atoms with Crippen LogP contribution in [0.1, 0.15) is 43.5 Å². The Morgan fingerprint density at radius 2 is 2.18 bits per heavy atom. The van der Waals surface area contributed by atoms with Crippen LogP contribution in [-0.2, 0) is 26.0 Å². The van der Waals surface area contributed by atoms with E-state index in [9.17, 15) is 9.90 Å². The van der Waals surface area contributed by atoms with Crippen molar-refractivity contribution >= 4 is 0 Å². The summed E-state index contributed by atoms with van der Waals surface area (Å²) in [5.74, 6) is 0.594. The highest BCUT2D eigenvalue weighted by Crippen LogP contribution is 2.22. The van der Waals surface area contributed by atoms with Crippen molar-refractivity contribution in [1.29, 1.82) is 0 Å². The Bertz CT molecular complexity index is 460. The Hall–Kier alpha value is -1.09. The maximum absolute atomic E-state index is 12.2. The molecule has 0 aliphatic heterocycles. The number of fused-ring (bicyclic) bond motifs is 1. The standard InChI is InChI=1S/C14H21NO2/c1-10(2)6-7-15-13-5-3-4-11(13)8-12(9-16)14(15)17/h8,10,16H,3-7,9H2,1-2H3. The van der Waals surface area contributed by atoms with Crippen molar-refractivity contribution in [1.82, 2.24) is 4.57 Å². The van der Waals surface area contributed by atoms with Gasteiger partial charge >= 0.3 is 0 Å². The number of nitrogens with zero attached hydrogens (tertiary/aromatic N) is 1. The lowest BCUT2D eigenvalue weighted by molar-refractivity contribution is 0.278. The third-order valence-corrected chi connectivity index (χ3v) is 3.52. The second-order valence-electron chi connectivity index (χ2n) is 5.29. The minimum Gasteiger partial charge on any atom is -0.391 e. The van der Waals surface area contributed by atoms with Crippen molar-refractivity contribution < 1.29 is 5.11 Å². The summed E-state index contributed by atoms with van der Waals surface area (Å²) in [6.45, 7) is 4.97. The molecule has 0 spiro atoms. The van der Waals surface area contributed by atoms with Crippen LogP contribution in [0.15, 0.2) is 10.9 Å². The second kappa shape index (κ2) is 5.05. The van der Waals surface area contributed by atoms with Crippen LogP contribution < -0.4 is 5.56 Å². The number of aryl methyl sites for hydroxylation is 1. The van der Waals surface area contributed by atoms with Gasteiger partial charge in [0.2, 0.25) is 0 Å². The predicted octanol–water partition coefficient (Wildman–Crippen LogP) is 1.88. The minimum atomic E-state index is -0.145. The van der Waals surface area contributed by atoms with Gasteiger partial charge in [-0.15, -0.1) is 0 Å². The van der Waals surface area contributed by atoms with Gasteiger partial charge < -0.3 is 9.67 Å². The van der Waals surface area contributed by atoms with E-state index in [1.54, 1.807) is 0 Å². The topological polar surface area (TPSA) is 42.2 Å². The fourth-order valence-electron chi connectivity index (χ4n) is 2.52. The van der Waals surface area contributed by atoms with Crippen LogP contribution in [0.3, 0.4) is 0 Å². The van der Waals surface area contributed by atoms with Gasteiger partial charge in [0.05, 0.1) is 6.61 Å². The van der Waals surface area contributed by atoms with Gasteiger partial charge in [0, 0.05) is 17.8 Å². The van der Waals surface area contributed by atoms with E-state index in [-0.39, 0.29) is 12.2 Å². The highest BCUT2D eigenvalue weighted by Gasteiger charge is 2.18. The van der Waals surface area contributed by atoms with E-state index >= 15 is 0 Å². The number of rotatable bonds is 4. The third kappa shape index (κ3) is 2.44. The van der Waals surface area contributed by atoms with Crippen LogP contribution in [-0.4, -0.2) is 9.67 Å². The molecule has 0 bridgehead atoms. The number of hydrogen-bond acceptors (Lipinski definition) is 2. The van der Waals surface area contributed by atoms with E-state index < -0.39 is 0 Å². The number of aliphatic hydroxyl groups is 1. The number of hydrogen-bond donors (Lipinski definition) is 1. The van der Waals surface area contributed by atoms with Gasteiger partial charge in [0.25, 0.3) is 5.56 Å². The molecule has 1 aromatic heterocycles. The monoisotopic (exact) mass is 235 g/mol. The molecule has 1 N–H and O–H groups in total. The molecule has 1 heterocycles. The van der Waals surface area contributed by atoms with Gasteiger partial charge in [0.15, 0.2) is 0 Å². The molecule has 0 atom stereocenters. The molecule has 0 radical (unpaired) electrons. The molecule has 1 aliphatic rings. The summed E-state index contributed by atoms with van der Waals surface area (Å²) in [6.07, 6.45) is 4.20. The van der Waals surface area contributed by atoms with Crippen molar-refractivity contribution in [3.8, 4) is 0 Å². The van der Waals surface area contributed by atoms with E-state index in [1.165, 1.54) is 11.3 Å². The smallest absolute Gasteiger partial charge is 0.256 e. The van der Waals surface area contributed by atoms with E-state index in [4.69, 9.17) is 0 Å². The summed E-state index contributed by atoms with van der Waals surface area (Å²) in [5.41, 5.74) is 3.02. The molecule has 0 saturated heterocycles. The van der Waals surface area contributed by atoms with E-state index in [2.05, 4.69) is 13.8 Å². The summed E-state index contributed by atoms with van der Waals surface area (Å²) in [5, 5.41) is 9.24. The van der Waals surface area contributed by atoms with E-state index in [1.807, 2.05) is 10.6 Å². The van der Waals surface area contributed by atoms with Crippen LogP contribution >= 0.6 is 0 Å². The molecule has 1 aliphatic carbocycles. The summed E-state index contributed by atoms with van der Waals surface area (Å²) < 4.78 is 1.90. The average Bonchev–Trinajstić information content (AvgIpc) is 2.74. The third-order valence-electron chi connectivity index (χ3n) is 3.52. The molecular weight excluding hydrogens is 214 g/mol. The molecule has 2 rings (SSSR count). The maximum atomic E-state index is 12.2. The molecule has 1 aromatic rings. The lowest BCUT2D eigenvalue weighted by atomic mass is 10.1. The number of pyridine rings is 1. The molecule has 3 heteroatoms. The molecule has 0 fully saturated rings. The van der Waals surface area contributed by atoms with Crippen molar-refractivity contribution in [2.24, 2.45) is 5.92 Å². The van der Waals surface area contributed by atoms with E-state index in [0.717, 1.165) is 32.2 Å². The zero-order valence-electron chi connectivity index (χ0n) is 10.7. The normalized spacial score (nSPS) is 14.4. The lowest BCUT2D eigenvalue weighted by Crippen LogP contribution is -2.27. The molecular formula is C14H21NO2. The van der Waals surface area contributed by atoms with Gasteiger partial charge in [0.1, 0.15) is 0 Å². The summed E-state index contributed by atoms with van der Waals surface area (Å²) in [6, 6.07) is 1.90. The maximum Gasteiger partial charge on any atom is 0.256 e. The summed E-state index contributed by atoms with van der Waals surface area (Å²) in [4.78, 5) is 12.2. The Kier molecular flexibility index (Phi) is 3.67. The largest absolute Gasteiger partial charge is 0.391 e. The van der Waals surface area contributed by atoms with Crippen molar-refractivity contribution in [2.75, 3.05) is 0 Å².